The van der Waals surface area contributed by atoms with Crippen LogP contribution in [-0.4, -0.2) is 14.8 Å². The highest BCUT2D eigenvalue weighted by Gasteiger charge is 2.14. The first-order valence-electron chi connectivity index (χ1n) is 4.99. The molecule has 2 N–H and O–H groups in total. The molecule has 18 heavy (non-hydrogen) atoms. The van der Waals surface area contributed by atoms with Crippen molar-refractivity contribution in [2.24, 2.45) is 0 Å². The normalized spacial score (nSPS) is 10.7. The number of nitrogens with two attached hydrogens (primary N) is 1. The smallest absolute Gasteiger partial charge is 0.213 e. The number of benzene rings is 1. The average molecular weight is 259 g/mol. The van der Waals surface area contributed by atoms with Gasteiger partial charge in [0, 0.05) is 0 Å². The van der Waals surface area contributed by atoms with Crippen LogP contribution in [0.1, 0.15) is 5.56 Å². The molecule has 0 unspecified atom stereocenters. The number of rotatable bonds is 1. The molecule has 7 heteroatoms. The lowest BCUT2D eigenvalue weighted by Gasteiger charge is -1.96. The minimum absolute atomic E-state index is 0.206. The summed E-state index contributed by atoms with van der Waals surface area (Å²) in [4.78, 5) is 4.15. The molecular formula is C11H6FN5S. The quantitative estimate of drug-likeness (QED) is 0.725. The number of aromatic nitrogens is 3. The maximum Gasteiger partial charge on any atom is 0.213 e. The van der Waals surface area contributed by atoms with E-state index in [0.29, 0.717) is 9.83 Å². The van der Waals surface area contributed by atoms with Gasteiger partial charge in [0.1, 0.15) is 28.8 Å². The van der Waals surface area contributed by atoms with Crippen molar-refractivity contribution in [3.63, 3.8) is 0 Å². The number of hydrogen-bond donors (Lipinski definition) is 1. The third-order valence-corrected chi connectivity index (χ3v) is 3.46. The van der Waals surface area contributed by atoms with E-state index >= 15 is 0 Å². The molecule has 88 valence electrons. The lowest BCUT2D eigenvalue weighted by Crippen LogP contribution is -2.01. The number of anilines is 1. The summed E-state index contributed by atoms with van der Waals surface area (Å²) >= 11 is 1.26. The third kappa shape index (κ3) is 1.43. The van der Waals surface area contributed by atoms with Gasteiger partial charge in [0.15, 0.2) is 0 Å². The summed E-state index contributed by atoms with van der Waals surface area (Å²) < 4.78 is 15.6. The second-order valence-corrected chi connectivity index (χ2v) is 4.56. The van der Waals surface area contributed by atoms with Crippen LogP contribution in [0.15, 0.2) is 24.4 Å². The molecule has 5 nitrogen and oxygen atoms in total. The fourth-order valence-corrected chi connectivity index (χ4v) is 2.54. The predicted molar refractivity (Wildman–Crippen MR) is 65.8 cm³/mol. The predicted octanol–water partition coefficient (Wildman–Crippen LogP) is 2.07. The summed E-state index contributed by atoms with van der Waals surface area (Å²) in [6.45, 7) is 0. The molecule has 0 aliphatic carbocycles. The largest absolute Gasteiger partial charge is 0.382 e. The molecule has 3 rings (SSSR count). The van der Waals surface area contributed by atoms with Gasteiger partial charge in [0.05, 0.1) is 10.9 Å². The van der Waals surface area contributed by atoms with E-state index in [-0.39, 0.29) is 22.7 Å². The second kappa shape index (κ2) is 3.78. The van der Waals surface area contributed by atoms with Gasteiger partial charge in [-0.15, -0.1) is 0 Å². The lowest BCUT2D eigenvalue weighted by atomic mass is 10.3. The van der Waals surface area contributed by atoms with Crippen LogP contribution in [0.3, 0.4) is 0 Å². The van der Waals surface area contributed by atoms with Crippen molar-refractivity contribution in [1.82, 2.24) is 14.8 Å². The SMILES string of the molecule is N#Cc1cnn(-c2nc3c(F)cccc3s2)c1N. The van der Waals surface area contributed by atoms with E-state index in [9.17, 15) is 4.39 Å². The lowest BCUT2D eigenvalue weighted by molar-refractivity contribution is 0.637. The number of nitriles is 1. The maximum absolute atomic E-state index is 13.5. The Labute approximate surface area is 105 Å². The van der Waals surface area contributed by atoms with Gasteiger partial charge in [-0.3, -0.25) is 0 Å². The van der Waals surface area contributed by atoms with Gasteiger partial charge in [0.25, 0.3) is 0 Å². The number of thiazole rings is 1. The van der Waals surface area contributed by atoms with Gasteiger partial charge in [0.2, 0.25) is 5.13 Å². The number of para-hydroxylation sites is 1. The highest BCUT2D eigenvalue weighted by atomic mass is 32.1. The molecule has 0 amide bonds. The molecule has 0 aliphatic heterocycles. The molecule has 3 aromatic rings. The summed E-state index contributed by atoms with van der Waals surface area (Å²) in [6, 6.07) is 6.66. The molecule has 2 aromatic heterocycles. The Morgan fingerprint density at radius 1 is 1.44 bits per heavy atom. The van der Waals surface area contributed by atoms with Crippen molar-refractivity contribution in [3.8, 4) is 11.2 Å². The van der Waals surface area contributed by atoms with Gasteiger partial charge in [-0.2, -0.15) is 15.0 Å². The van der Waals surface area contributed by atoms with Gasteiger partial charge in [-0.05, 0) is 12.1 Å². The number of nitrogen functional groups attached to an aromatic ring is 1. The van der Waals surface area contributed by atoms with E-state index in [1.165, 1.54) is 28.3 Å². The Hall–Kier alpha value is -2.46. The Bertz CT molecular complexity index is 782. The Balaban J connectivity index is 2.23. The molecule has 0 saturated carbocycles. The summed E-state index contributed by atoms with van der Waals surface area (Å²) in [5.41, 5.74) is 6.31. The van der Waals surface area contributed by atoms with Gasteiger partial charge >= 0.3 is 0 Å². The minimum atomic E-state index is -0.388. The molecule has 2 heterocycles. The highest BCUT2D eigenvalue weighted by molar-refractivity contribution is 7.20. The van der Waals surface area contributed by atoms with Crippen LogP contribution in [0.4, 0.5) is 10.2 Å². The van der Waals surface area contributed by atoms with E-state index in [0.717, 1.165) is 0 Å². The average Bonchev–Trinajstić information content (AvgIpc) is 2.93. The second-order valence-electron chi connectivity index (χ2n) is 3.55. The monoisotopic (exact) mass is 259 g/mol. The zero-order chi connectivity index (χ0) is 12.7. The molecular weight excluding hydrogens is 253 g/mol. The van der Waals surface area contributed by atoms with Crippen LogP contribution in [0.2, 0.25) is 0 Å². The van der Waals surface area contributed by atoms with Crippen LogP contribution in [0.25, 0.3) is 15.3 Å². The van der Waals surface area contributed by atoms with Gasteiger partial charge in [-0.1, -0.05) is 17.4 Å². The number of hydrogen-bond acceptors (Lipinski definition) is 5. The van der Waals surface area contributed by atoms with Gasteiger partial charge in [-0.25, -0.2) is 9.37 Å². The van der Waals surface area contributed by atoms with Crippen molar-refractivity contribution in [2.75, 3.05) is 5.73 Å². The van der Waals surface area contributed by atoms with Crippen LogP contribution < -0.4 is 5.73 Å². The third-order valence-electron chi connectivity index (χ3n) is 2.47. The van der Waals surface area contributed by atoms with E-state index in [1.54, 1.807) is 12.1 Å². The molecule has 0 aliphatic rings. The first kappa shape index (κ1) is 10.7. The van der Waals surface area contributed by atoms with E-state index in [1.807, 2.05) is 6.07 Å². The van der Waals surface area contributed by atoms with E-state index in [2.05, 4.69) is 10.1 Å². The first-order chi connectivity index (χ1) is 8.70. The zero-order valence-corrected chi connectivity index (χ0v) is 9.78. The van der Waals surface area contributed by atoms with Crippen molar-refractivity contribution >= 4 is 27.4 Å². The molecule has 1 aromatic carbocycles. The fourth-order valence-electron chi connectivity index (χ4n) is 1.59. The molecule has 0 fully saturated rings. The highest BCUT2D eigenvalue weighted by Crippen LogP contribution is 2.28. The van der Waals surface area contributed by atoms with Crippen molar-refractivity contribution < 1.29 is 4.39 Å². The number of halogens is 1. The Kier molecular flexibility index (Phi) is 2.25. The summed E-state index contributed by atoms with van der Waals surface area (Å²) in [5.74, 6) is -0.182. The number of nitrogens with zero attached hydrogens (tertiary/aromatic N) is 4. The zero-order valence-electron chi connectivity index (χ0n) is 8.96. The molecule has 0 saturated heterocycles. The van der Waals surface area contributed by atoms with Gasteiger partial charge < -0.3 is 5.73 Å². The summed E-state index contributed by atoms with van der Waals surface area (Å²) in [7, 11) is 0. The van der Waals surface area contributed by atoms with Crippen molar-refractivity contribution in [2.45, 2.75) is 0 Å². The van der Waals surface area contributed by atoms with Crippen LogP contribution in [0, 0.1) is 17.1 Å². The van der Waals surface area contributed by atoms with E-state index in [4.69, 9.17) is 11.0 Å². The molecule has 0 spiro atoms. The minimum Gasteiger partial charge on any atom is -0.382 e. The number of fused-ring (bicyclic) bond motifs is 1. The fraction of sp³-hybridized carbons (Fsp3) is 0. The van der Waals surface area contributed by atoms with E-state index < -0.39 is 0 Å². The Morgan fingerprint density at radius 2 is 2.28 bits per heavy atom. The van der Waals surface area contributed by atoms with Crippen LogP contribution in [0.5, 0.6) is 0 Å². The maximum atomic E-state index is 13.5. The summed E-state index contributed by atoms with van der Waals surface area (Å²) in [5, 5.41) is 13.2. The standard InChI is InChI=1S/C11H6FN5S/c12-7-2-1-3-8-9(7)16-11(18-8)17-10(14)6(4-13)5-15-17/h1-3,5H,14H2. The molecule has 0 bridgehead atoms. The molecule has 0 radical (unpaired) electrons. The first-order valence-corrected chi connectivity index (χ1v) is 5.81. The van der Waals surface area contributed by atoms with Crippen molar-refractivity contribution in [3.05, 3.63) is 35.8 Å². The topological polar surface area (TPSA) is 80.5 Å². The molecule has 0 atom stereocenters. The summed E-state index contributed by atoms with van der Waals surface area (Å²) in [6.07, 6.45) is 1.36. The van der Waals surface area contributed by atoms with Crippen molar-refractivity contribution in [1.29, 1.82) is 5.26 Å². The van der Waals surface area contributed by atoms with Crippen LogP contribution in [-0.2, 0) is 0 Å². The van der Waals surface area contributed by atoms with Crippen LogP contribution >= 0.6 is 11.3 Å². The Morgan fingerprint density at radius 3 is 2.94 bits per heavy atom.